The van der Waals surface area contributed by atoms with Gasteiger partial charge in [-0.2, -0.15) is 4.98 Å². The van der Waals surface area contributed by atoms with Crippen LogP contribution in [0.15, 0.2) is 33.6 Å². The van der Waals surface area contributed by atoms with E-state index in [0.717, 1.165) is 15.8 Å². The predicted octanol–water partition coefficient (Wildman–Crippen LogP) is 2.01. The van der Waals surface area contributed by atoms with Gasteiger partial charge >= 0.3 is 0 Å². The Labute approximate surface area is 123 Å². The van der Waals surface area contributed by atoms with Crippen molar-refractivity contribution in [3.8, 4) is 5.75 Å². The van der Waals surface area contributed by atoms with Crippen LogP contribution < -0.4 is 10.1 Å². The summed E-state index contributed by atoms with van der Waals surface area (Å²) in [5.41, 5.74) is 1.02. The van der Waals surface area contributed by atoms with Gasteiger partial charge in [0.1, 0.15) is 5.75 Å². The number of aromatic nitrogens is 2. The highest BCUT2D eigenvalue weighted by Crippen LogP contribution is 2.31. The van der Waals surface area contributed by atoms with Crippen molar-refractivity contribution in [2.45, 2.75) is 25.5 Å². The Kier molecular flexibility index (Phi) is 3.43. The highest BCUT2D eigenvalue weighted by Gasteiger charge is 2.30. The lowest BCUT2D eigenvalue weighted by atomic mass is 10.1. The summed E-state index contributed by atoms with van der Waals surface area (Å²) in [4.78, 5) is 16.1. The second-order valence-corrected chi connectivity index (χ2v) is 5.50. The van der Waals surface area contributed by atoms with Crippen molar-refractivity contribution in [1.29, 1.82) is 0 Å². The Balaban J connectivity index is 1.65. The lowest BCUT2D eigenvalue weighted by Crippen LogP contribution is -2.39. The average molecular weight is 338 g/mol. The molecule has 0 fully saturated rings. The zero-order chi connectivity index (χ0) is 14.1. The van der Waals surface area contributed by atoms with Crippen molar-refractivity contribution in [2.75, 3.05) is 0 Å². The van der Waals surface area contributed by atoms with Crippen LogP contribution in [-0.4, -0.2) is 22.2 Å². The lowest BCUT2D eigenvalue weighted by Gasteiger charge is -2.14. The third-order valence-corrected chi connectivity index (χ3v) is 3.61. The largest absolute Gasteiger partial charge is 0.480 e. The molecule has 0 saturated carbocycles. The lowest BCUT2D eigenvalue weighted by molar-refractivity contribution is -0.127. The van der Waals surface area contributed by atoms with Gasteiger partial charge in [0.2, 0.25) is 6.39 Å². The fraction of sp³-hybridized carbons (Fsp3) is 0.308. The number of hydrogen-bond donors (Lipinski definition) is 1. The Morgan fingerprint density at radius 2 is 2.40 bits per heavy atom. The van der Waals surface area contributed by atoms with Crippen molar-refractivity contribution < 1.29 is 14.1 Å². The number of benzene rings is 1. The number of amides is 1. The van der Waals surface area contributed by atoms with E-state index in [1.165, 1.54) is 6.39 Å². The molecule has 0 bridgehead atoms. The van der Waals surface area contributed by atoms with E-state index in [9.17, 15) is 4.79 Å². The normalized spacial score (nSPS) is 18.2. The van der Waals surface area contributed by atoms with Crippen LogP contribution in [0.3, 0.4) is 0 Å². The number of rotatable bonds is 3. The predicted molar refractivity (Wildman–Crippen MR) is 73.1 cm³/mol. The molecule has 1 aromatic carbocycles. The molecule has 2 unspecified atom stereocenters. The van der Waals surface area contributed by atoms with Crippen LogP contribution >= 0.6 is 15.9 Å². The number of nitrogens with one attached hydrogen (secondary N) is 1. The number of hydrogen-bond acceptors (Lipinski definition) is 5. The summed E-state index contributed by atoms with van der Waals surface area (Å²) in [6.07, 6.45) is 1.27. The van der Waals surface area contributed by atoms with Crippen LogP contribution in [0.5, 0.6) is 5.75 Å². The van der Waals surface area contributed by atoms with Crippen molar-refractivity contribution >= 4 is 21.8 Å². The quantitative estimate of drug-likeness (QED) is 0.926. The first kappa shape index (κ1) is 13.1. The second kappa shape index (κ2) is 5.24. The van der Waals surface area contributed by atoms with Crippen LogP contribution in [-0.2, 0) is 11.2 Å². The zero-order valence-electron chi connectivity index (χ0n) is 10.7. The smallest absolute Gasteiger partial charge is 0.262 e. The number of carbonyl (C=O) groups is 1. The maximum atomic E-state index is 12.2. The van der Waals surface area contributed by atoms with Crippen molar-refractivity contribution in [3.05, 3.63) is 40.5 Å². The van der Waals surface area contributed by atoms with E-state index in [4.69, 9.17) is 4.74 Å². The number of halogens is 1. The summed E-state index contributed by atoms with van der Waals surface area (Å²) in [5.74, 6) is 1.01. The van der Waals surface area contributed by atoms with Gasteiger partial charge in [-0.25, -0.2) is 0 Å². The molecule has 0 aliphatic carbocycles. The topological polar surface area (TPSA) is 77.2 Å². The first-order chi connectivity index (χ1) is 9.63. The molecule has 6 nitrogen and oxygen atoms in total. The van der Waals surface area contributed by atoms with Gasteiger partial charge in [0.15, 0.2) is 11.9 Å². The van der Waals surface area contributed by atoms with Crippen LogP contribution in [0.1, 0.15) is 24.4 Å². The molecular formula is C13H12BrN3O3. The van der Waals surface area contributed by atoms with Crippen LogP contribution in [0.4, 0.5) is 0 Å². The van der Waals surface area contributed by atoms with Gasteiger partial charge in [0.25, 0.3) is 5.91 Å². The number of fused-ring (bicyclic) bond motifs is 1. The van der Waals surface area contributed by atoms with Crippen LogP contribution in [0.25, 0.3) is 0 Å². The van der Waals surface area contributed by atoms with Crippen LogP contribution in [0, 0.1) is 0 Å². The molecular weight excluding hydrogens is 326 g/mol. The minimum Gasteiger partial charge on any atom is -0.480 e. The minimum absolute atomic E-state index is 0.186. The van der Waals surface area contributed by atoms with Gasteiger partial charge in [0, 0.05) is 10.9 Å². The molecule has 0 spiro atoms. The summed E-state index contributed by atoms with van der Waals surface area (Å²) in [6, 6.07) is 5.39. The fourth-order valence-corrected chi connectivity index (χ4v) is 2.51. The Morgan fingerprint density at radius 1 is 1.55 bits per heavy atom. The molecule has 7 heteroatoms. The SMILES string of the molecule is CC(NC(=O)C1Cc2cc(Br)ccc2O1)c1ncon1. The monoisotopic (exact) mass is 337 g/mol. The number of ether oxygens (including phenoxy) is 1. The van der Waals surface area contributed by atoms with Gasteiger partial charge in [-0.1, -0.05) is 21.1 Å². The molecule has 2 aromatic rings. The molecule has 1 aliphatic rings. The highest BCUT2D eigenvalue weighted by molar-refractivity contribution is 9.10. The van der Waals surface area contributed by atoms with E-state index in [1.54, 1.807) is 6.92 Å². The molecule has 2 atom stereocenters. The number of carbonyl (C=O) groups excluding carboxylic acids is 1. The molecule has 20 heavy (non-hydrogen) atoms. The maximum Gasteiger partial charge on any atom is 0.262 e. The second-order valence-electron chi connectivity index (χ2n) is 4.58. The Bertz CT molecular complexity index is 630. The molecule has 2 heterocycles. The Morgan fingerprint density at radius 3 is 3.15 bits per heavy atom. The van der Waals surface area contributed by atoms with E-state index in [1.807, 2.05) is 18.2 Å². The zero-order valence-corrected chi connectivity index (χ0v) is 12.3. The first-order valence-corrected chi connectivity index (χ1v) is 6.94. The van der Waals surface area contributed by atoms with E-state index < -0.39 is 6.10 Å². The summed E-state index contributed by atoms with van der Waals surface area (Å²) < 4.78 is 11.3. The molecule has 1 amide bonds. The molecule has 1 N–H and O–H groups in total. The molecule has 1 aromatic heterocycles. The van der Waals surface area contributed by atoms with E-state index >= 15 is 0 Å². The van der Waals surface area contributed by atoms with Gasteiger partial charge in [-0.05, 0) is 30.7 Å². The molecule has 3 rings (SSSR count). The standard InChI is InChI=1S/C13H12BrN3O3/c1-7(12-15-6-19-17-12)16-13(18)11-5-8-4-9(14)2-3-10(8)20-11/h2-4,6-7,11H,5H2,1H3,(H,16,18). The number of nitrogens with zero attached hydrogens (tertiary/aromatic N) is 2. The Hall–Kier alpha value is -1.89. The highest BCUT2D eigenvalue weighted by atomic mass is 79.9. The average Bonchev–Trinajstić information content (AvgIpc) is 3.07. The van der Waals surface area contributed by atoms with E-state index in [0.29, 0.717) is 12.2 Å². The van der Waals surface area contributed by atoms with Gasteiger partial charge in [-0.3, -0.25) is 4.79 Å². The molecule has 0 radical (unpaired) electrons. The third kappa shape index (κ3) is 2.53. The summed E-state index contributed by atoms with van der Waals surface area (Å²) in [6.45, 7) is 1.79. The van der Waals surface area contributed by atoms with Crippen molar-refractivity contribution in [3.63, 3.8) is 0 Å². The summed E-state index contributed by atoms with van der Waals surface area (Å²) >= 11 is 3.41. The molecule has 104 valence electrons. The van der Waals surface area contributed by atoms with E-state index in [2.05, 4.69) is 35.9 Å². The van der Waals surface area contributed by atoms with Crippen molar-refractivity contribution in [1.82, 2.24) is 15.5 Å². The van der Waals surface area contributed by atoms with Crippen LogP contribution in [0.2, 0.25) is 0 Å². The molecule has 0 saturated heterocycles. The first-order valence-electron chi connectivity index (χ1n) is 6.15. The summed E-state index contributed by atoms with van der Waals surface area (Å²) in [7, 11) is 0. The van der Waals surface area contributed by atoms with Gasteiger partial charge < -0.3 is 14.6 Å². The minimum atomic E-state index is -0.520. The fourth-order valence-electron chi connectivity index (χ4n) is 2.10. The maximum absolute atomic E-state index is 12.2. The van der Waals surface area contributed by atoms with Gasteiger partial charge in [0.05, 0.1) is 6.04 Å². The van der Waals surface area contributed by atoms with E-state index in [-0.39, 0.29) is 11.9 Å². The van der Waals surface area contributed by atoms with Crippen molar-refractivity contribution in [2.24, 2.45) is 0 Å². The third-order valence-electron chi connectivity index (χ3n) is 3.11. The van der Waals surface area contributed by atoms with Gasteiger partial charge in [-0.15, -0.1) is 0 Å². The summed E-state index contributed by atoms with van der Waals surface area (Å²) in [5, 5.41) is 6.51. The molecule has 1 aliphatic heterocycles.